The molecule has 0 unspecified atom stereocenters. The van der Waals surface area contributed by atoms with Gasteiger partial charge in [-0.05, 0) is 61.0 Å². The summed E-state index contributed by atoms with van der Waals surface area (Å²) < 4.78 is 48.7. The number of para-hydroxylation sites is 1. The van der Waals surface area contributed by atoms with Gasteiger partial charge in [-0.25, -0.2) is 0 Å². The molecule has 0 bridgehead atoms. The molecule has 3 rings (SSSR count). The molecular formula is C26H22ClF3N2O5. The summed E-state index contributed by atoms with van der Waals surface area (Å²) in [7, 11) is 0. The van der Waals surface area contributed by atoms with Gasteiger partial charge in [0.05, 0.1) is 10.6 Å². The average molecular weight is 535 g/mol. The first-order valence-corrected chi connectivity index (χ1v) is 11.4. The number of benzene rings is 3. The quantitative estimate of drug-likeness (QED) is 0.292. The SMILES string of the molecule is O=C(CCCC(=O)OCC(=O)Nc1cccc(C(F)(F)F)c1)Nc1ccc(Oc2ccccc2Cl)cc1. The van der Waals surface area contributed by atoms with Gasteiger partial charge in [-0.2, -0.15) is 13.2 Å². The van der Waals surface area contributed by atoms with Crippen LogP contribution < -0.4 is 15.4 Å². The molecule has 0 spiro atoms. The van der Waals surface area contributed by atoms with Gasteiger partial charge in [0.15, 0.2) is 6.61 Å². The minimum Gasteiger partial charge on any atom is -0.456 e. The molecule has 2 N–H and O–H groups in total. The van der Waals surface area contributed by atoms with Crippen LogP contribution in [0.4, 0.5) is 24.5 Å². The highest BCUT2D eigenvalue weighted by Crippen LogP contribution is 2.31. The molecule has 0 saturated carbocycles. The van der Waals surface area contributed by atoms with E-state index in [0.29, 0.717) is 22.2 Å². The number of halogens is 4. The first-order valence-electron chi connectivity index (χ1n) is 11.1. The third kappa shape index (κ3) is 9.16. The number of carbonyl (C=O) groups is 3. The first kappa shape index (κ1) is 27.5. The van der Waals surface area contributed by atoms with Crippen LogP contribution in [0.25, 0.3) is 0 Å². The highest BCUT2D eigenvalue weighted by molar-refractivity contribution is 6.32. The summed E-state index contributed by atoms with van der Waals surface area (Å²) in [4.78, 5) is 35.8. The van der Waals surface area contributed by atoms with Crippen molar-refractivity contribution in [2.45, 2.75) is 25.4 Å². The normalized spacial score (nSPS) is 10.9. The number of rotatable bonds is 10. The van der Waals surface area contributed by atoms with Crippen molar-refractivity contribution in [3.8, 4) is 11.5 Å². The van der Waals surface area contributed by atoms with Gasteiger partial charge in [0.2, 0.25) is 5.91 Å². The zero-order valence-electron chi connectivity index (χ0n) is 19.3. The minimum absolute atomic E-state index is 0.0312. The lowest BCUT2D eigenvalue weighted by Crippen LogP contribution is -2.21. The fourth-order valence-corrected chi connectivity index (χ4v) is 3.24. The second kappa shape index (κ2) is 12.8. The molecule has 0 heterocycles. The zero-order chi connectivity index (χ0) is 26.8. The van der Waals surface area contributed by atoms with Crippen molar-refractivity contribution in [2.24, 2.45) is 0 Å². The second-order valence-electron chi connectivity index (χ2n) is 7.75. The van der Waals surface area contributed by atoms with Gasteiger partial charge in [0.1, 0.15) is 11.5 Å². The van der Waals surface area contributed by atoms with E-state index >= 15 is 0 Å². The summed E-state index contributed by atoms with van der Waals surface area (Å²) in [6, 6.07) is 17.7. The van der Waals surface area contributed by atoms with Gasteiger partial charge in [-0.1, -0.05) is 29.8 Å². The number of hydrogen-bond donors (Lipinski definition) is 2. The van der Waals surface area contributed by atoms with E-state index in [2.05, 4.69) is 10.6 Å². The Hall–Kier alpha value is -4.05. The maximum absolute atomic E-state index is 12.7. The standard InChI is InChI=1S/C26H22ClF3N2O5/c27-21-7-1-2-8-22(21)37-20-13-11-18(12-14-20)31-23(33)9-4-10-25(35)36-16-24(34)32-19-6-3-5-17(15-19)26(28,29)30/h1-3,5-8,11-15H,4,9-10,16H2,(H,31,33)(H,32,34). The Kier molecular flexibility index (Phi) is 9.51. The van der Waals surface area contributed by atoms with Crippen LogP contribution in [0, 0.1) is 0 Å². The van der Waals surface area contributed by atoms with Crippen molar-refractivity contribution in [2.75, 3.05) is 17.2 Å². The molecule has 37 heavy (non-hydrogen) atoms. The van der Waals surface area contributed by atoms with Crippen LogP contribution in [0.3, 0.4) is 0 Å². The fourth-order valence-electron chi connectivity index (χ4n) is 3.07. The summed E-state index contributed by atoms with van der Waals surface area (Å²) in [6.07, 6.45) is -4.46. The maximum atomic E-state index is 12.7. The summed E-state index contributed by atoms with van der Waals surface area (Å²) in [5.74, 6) is -0.790. The van der Waals surface area contributed by atoms with E-state index in [0.717, 1.165) is 18.2 Å². The van der Waals surface area contributed by atoms with Crippen molar-refractivity contribution in [3.05, 3.63) is 83.4 Å². The average Bonchev–Trinajstić information content (AvgIpc) is 2.85. The summed E-state index contributed by atoms with van der Waals surface area (Å²) in [5.41, 5.74) is -0.455. The molecule has 0 atom stereocenters. The highest BCUT2D eigenvalue weighted by atomic mass is 35.5. The topological polar surface area (TPSA) is 93.7 Å². The predicted octanol–water partition coefficient (Wildman–Crippen LogP) is 6.44. The van der Waals surface area contributed by atoms with Crippen LogP contribution in [0.5, 0.6) is 11.5 Å². The van der Waals surface area contributed by atoms with Crippen molar-refractivity contribution in [1.29, 1.82) is 0 Å². The van der Waals surface area contributed by atoms with Crippen molar-refractivity contribution >= 4 is 40.8 Å². The molecular weight excluding hydrogens is 513 g/mol. The summed E-state index contributed by atoms with van der Waals surface area (Å²) in [6.45, 7) is -0.663. The van der Waals surface area contributed by atoms with Gasteiger partial charge in [-0.3, -0.25) is 14.4 Å². The van der Waals surface area contributed by atoms with Crippen LogP contribution in [0.1, 0.15) is 24.8 Å². The number of anilines is 2. The molecule has 3 aromatic carbocycles. The number of amides is 2. The Bertz CT molecular complexity index is 1250. The molecule has 11 heteroatoms. The predicted molar refractivity (Wildman–Crippen MR) is 131 cm³/mol. The molecule has 2 amide bonds. The van der Waals surface area contributed by atoms with E-state index in [1.54, 1.807) is 48.5 Å². The van der Waals surface area contributed by atoms with Gasteiger partial charge >= 0.3 is 12.1 Å². The lowest BCUT2D eigenvalue weighted by Gasteiger charge is -2.10. The minimum atomic E-state index is -4.55. The Labute approximate surface area is 215 Å². The number of hydrogen-bond acceptors (Lipinski definition) is 5. The summed E-state index contributed by atoms with van der Waals surface area (Å²) >= 11 is 6.06. The van der Waals surface area contributed by atoms with Crippen LogP contribution in [-0.4, -0.2) is 24.4 Å². The molecule has 194 valence electrons. The lowest BCUT2D eigenvalue weighted by atomic mass is 10.2. The van der Waals surface area contributed by atoms with Crippen LogP contribution in [0.15, 0.2) is 72.8 Å². The molecule has 0 aliphatic carbocycles. The number of ether oxygens (including phenoxy) is 2. The molecule has 0 fully saturated rings. The summed E-state index contributed by atoms with van der Waals surface area (Å²) in [5, 5.41) is 5.40. The number of nitrogens with one attached hydrogen (secondary N) is 2. The van der Waals surface area contributed by atoms with Crippen molar-refractivity contribution in [3.63, 3.8) is 0 Å². The molecule has 0 saturated heterocycles. The van der Waals surface area contributed by atoms with Crippen molar-refractivity contribution in [1.82, 2.24) is 0 Å². The fraction of sp³-hybridized carbons (Fsp3) is 0.192. The monoisotopic (exact) mass is 534 g/mol. The van der Waals surface area contributed by atoms with Gasteiger partial charge in [0.25, 0.3) is 5.91 Å². The van der Waals surface area contributed by atoms with Crippen LogP contribution in [-0.2, 0) is 25.3 Å². The Morgan fingerprint density at radius 2 is 1.51 bits per heavy atom. The first-order chi connectivity index (χ1) is 17.6. The van der Waals surface area contributed by atoms with Crippen LogP contribution in [0.2, 0.25) is 5.02 Å². The molecule has 0 aliphatic rings. The maximum Gasteiger partial charge on any atom is 0.416 e. The van der Waals surface area contributed by atoms with Gasteiger partial charge in [0, 0.05) is 24.2 Å². The molecule has 3 aromatic rings. The lowest BCUT2D eigenvalue weighted by molar-refractivity contribution is -0.147. The van der Waals surface area contributed by atoms with E-state index in [1.807, 2.05) is 0 Å². The van der Waals surface area contributed by atoms with E-state index in [4.69, 9.17) is 21.1 Å². The smallest absolute Gasteiger partial charge is 0.416 e. The molecule has 0 aromatic heterocycles. The van der Waals surface area contributed by atoms with E-state index in [-0.39, 0.29) is 30.9 Å². The molecule has 0 radical (unpaired) electrons. The van der Waals surface area contributed by atoms with Crippen molar-refractivity contribution < 1.29 is 37.0 Å². The van der Waals surface area contributed by atoms with Gasteiger partial charge in [-0.15, -0.1) is 0 Å². The number of alkyl halides is 3. The Morgan fingerprint density at radius 3 is 2.22 bits per heavy atom. The third-order valence-corrected chi connectivity index (χ3v) is 5.14. The number of carbonyl (C=O) groups excluding carboxylic acids is 3. The second-order valence-corrected chi connectivity index (χ2v) is 8.15. The highest BCUT2D eigenvalue weighted by Gasteiger charge is 2.30. The van der Waals surface area contributed by atoms with E-state index in [9.17, 15) is 27.6 Å². The largest absolute Gasteiger partial charge is 0.456 e. The molecule has 7 nitrogen and oxygen atoms in total. The van der Waals surface area contributed by atoms with Gasteiger partial charge < -0.3 is 20.1 Å². The molecule has 0 aliphatic heterocycles. The number of esters is 1. The Morgan fingerprint density at radius 1 is 0.811 bits per heavy atom. The Balaban J connectivity index is 1.34. The zero-order valence-corrected chi connectivity index (χ0v) is 20.1. The van der Waals surface area contributed by atoms with Crippen LogP contribution >= 0.6 is 11.6 Å². The van der Waals surface area contributed by atoms with E-state index in [1.165, 1.54) is 6.07 Å². The van der Waals surface area contributed by atoms with E-state index < -0.39 is 30.2 Å². The third-order valence-electron chi connectivity index (χ3n) is 4.83.